The van der Waals surface area contributed by atoms with Crippen molar-refractivity contribution < 1.29 is 13.2 Å². The lowest BCUT2D eigenvalue weighted by Crippen LogP contribution is -2.51. The van der Waals surface area contributed by atoms with E-state index in [0.717, 1.165) is 75.1 Å². The number of aromatic nitrogens is 2. The molecule has 1 aromatic heterocycles. The van der Waals surface area contributed by atoms with Gasteiger partial charge in [-0.25, -0.2) is 18.4 Å². The Labute approximate surface area is 178 Å². The Bertz CT molecular complexity index is 927. The summed E-state index contributed by atoms with van der Waals surface area (Å²) in [6.45, 7) is 7.10. The van der Waals surface area contributed by atoms with Crippen LogP contribution in [-0.2, 0) is 26.7 Å². The van der Waals surface area contributed by atoms with E-state index in [-0.39, 0.29) is 10.7 Å². The lowest BCUT2D eigenvalue weighted by molar-refractivity contribution is 0.122. The highest BCUT2D eigenvalue weighted by atomic mass is 32.2. The Morgan fingerprint density at radius 3 is 2.63 bits per heavy atom. The molecule has 0 bridgehead atoms. The highest BCUT2D eigenvalue weighted by Gasteiger charge is 2.51. The Hall–Kier alpha value is -1.29. The number of likely N-dealkylation sites (tertiary alicyclic amines) is 1. The van der Waals surface area contributed by atoms with E-state index in [1.165, 1.54) is 12.8 Å². The third-order valence-electron chi connectivity index (χ3n) is 7.43. The van der Waals surface area contributed by atoms with Crippen LogP contribution in [0.4, 0.5) is 5.95 Å². The van der Waals surface area contributed by atoms with Crippen LogP contribution in [0.25, 0.3) is 0 Å². The van der Waals surface area contributed by atoms with Crippen LogP contribution in [0.5, 0.6) is 0 Å². The first-order valence-electron chi connectivity index (χ1n) is 11.4. The molecule has 4 fully saturated rings. The highest BCUT2D eigenvalue weighted by molar-refractivity contribution is 7.90. The molecule has 30 heavy (non-hydrogen) atoms. The van der Waals surface area contributed by atoms with Gasteiger partial charge in [0, 0.05) is 56.4 Å². The van der Waals surface area contributed by atoms with E-state index >= 15 is 0 Å². The maximum Gasteiger partial charge on any atom is 0.225 e. The normalized spacial score (nSPS) is 30.7. The number of hydrogen-bond acceptors (Lipinski definition) is 7. The summed E-state index contributed by atoms with van der Waals surface area (Å²) in [5.41, 5.74) is 1.88. The van der Waals surface area contributed by atoms with Crippen molar-refractivity contribution in [2.45, 2.75) is 49.3 Å². The van der Waals surface area contributed by atoms with Gasteiger partial charge in [0.2, 0.25) is 16.0 Å². The van der Waals surface area contributed by atoms with Crippen LogP contribution in [-0.4, -0.2) is 85.3 Å². The van der Waals surface area contributed by atoms with Crippen LogP contribution in [0.3, 0.4) is 0 Å². The SMILES string of the molecule is O=S(=O)(C1CC1)N1Cc2cnc(N3CCOCC3)nc2C2(CCN(CC3CC3)C2)C1. The Balaban J connectivity index is 1.35. The topological polar surface area (TPSA) is 78.9 Å². The molecule has 1 unspecified atom stereocenters. The highest BCUT2D eigenvalue weighted by Crippen LogP contribution is 2.44. The average Bonchev–Trinajstić information content (AvgIpc) is 3.68. The zero-order valence-electron chi connectivity index (χ0n) is 17.5. The van der Waals surface area contributed by atoms with Crippen LogP contribution in [0.15, 0.2) is 6.20 Å². The number of ether oxygens (including phenoxy) is 1. The molecule has 3 aliphatic heterocycles. The van der Waals surface area contributed by atoms with Gasteiger partial charge < -0.3 is 14.5 Å². The number of fused-ring (bicyclic) bond motifs is 2. The fraction of sp³-hybridized carbons (Fsp3) is 0.810. The fourth-order valence-electron chi connectivity index (χ4n) is 5.41. The fourth-order valence-corrected chi connectivity index (χ4v) is 7.30. The first-order valence-corrected chi connectivity index (χ1v) is 12.9. The van der Waals surface area contributed by atoms with Crippen molar-refractivity contribution in [3.8, 4) is 0 Å². The van der Waals surface area contributed by atoms with Crippen LogP contribution < -0.4 is 4.90 Å². The minimum absolute atomic E-state index is 0.173. The van der Waals surface area contributed by atoms with E-state index in [0.29, 0.717) is 26.3 Å². The van der Waals surface area contributed by atoms with E-state index < -0.39 is 10.0 Å². The molecule has 1 spiro atoms. The van der Waals surface area contributed by atoms with Crippen LogP contribution in [0, 0.1) is 5.92 Å². The molecule has 1 aromatic rings. The van der Waals surface area contributed by atoms with Crippen molar-refractivity contribution in [2.75, 3.05) is 57.4 Å². The molecular formula is C21H31N5O3S. The monoisotopic (exact) mass is 433 g/mol. The molecule has 2 saturated carbocycles. The summed E-state index contributed by atoms with van der Waals surface area (Å²) >= 11 is 0. The van der Waals surface area contributed by atoms with Crippen molar-refractivity contribution in [1.82, 2.24) is 19.2 Å². The first kappa shape index (κ1) is 19.4. The van der Waals surface area contributed by atoms with E-state index in [1.54, 1.807) is 4.31 Å². The maximum atomic E-state index is 13.1. The largest absolute Gasteiger partial charge is 0.378 e. The van der Waals surface area contributed by atoms with Gasteiger partial charge in [0.25, 0.3) is 0 Å². The summed E-state index contributed by atoms with van der Waals surface area (Å²) < 4.78 is 33.5. The number of hydrogen-bond donors (Lipinski definition) is 0. The standard InChI is InChI=1S/C21H31N5O3S/c27-30(28,18-3-4-18)26-13-17-11-22-20(25-7-9-29-10-8-25)23-19(17)21(15-26)5-6-24(14-21)12-16-1-2-16/h11,16,18H,1-10,12-15H2. The van der Waals surface area contributed by atoms with Gasteiger partial charge >= 0.3 is 0 Å². The molecule has 0 N–H and O–H groups in total. The molecule has 4 heterocycles. The molecule has 5 aliphatic rings. The Morgan fingerprint density at radius 1 is 1.10 bits per heavy atom. The molecule has 8 nitrogen and oxygen atoms in total. The second kappa shape index (κ2) is 7.12. The maximum absolute atomic E-state index is 13.1. The third kappa shape index (κ3) is 3.43. The summed E-state index contributed by atoms with van der Waals surface area (Å²) in [5.74, 6) is 1.61. The minimum Gasteiger partial charge on any atom is -0.378 e. The smallest absolute Gasteiger partial charge is 0.225 e. The van der Waals surface area contributed by atoms with Crippen LogP contribution in [0.2, 0.25) is 0 Å². The quantitative estimate of drug-likeness (QED) is 0.685. The molecule has 164 valence electrons. The molecule has 9 heteroatoms. The van der Waals surface area contributed by atoms with Crippen molar-refractivity contribution in [1.29, 1.82) is 0 Å². The van der Waals surface area contributed by atoms with Gasteiger partial charge in [-0.1, -0.05) is 0 Å². The number of morpholine rings is 1. The van der Waals surface area contributed by atoms with Gasteiger partial charge in [-0.05, 0) is 44.6 Å². The molecule has 1 atom stereocenters. The zero-order chi connectivity index (χ0) is 20.3. The van der Waals surface area contributed by atoms with Gasteiger partial charge in [0.15, 0.2) is 0 Å². The Kier molecular flexibility index (Phi) is 4.60. The summed E-state index contributed by atoms with van der Waals surface area (Å²) in [7, 11) is -3.22. The number of nitrogens with zero attached hydrogens (tertiary/aromatic N) is 5. The van der Waals surface area contributed by atoms with Crippen LogP contribution >= 0.6 is 0 Å². The zero-order valence-corrected chi connectivity index (χ0v) is 18.3. The van der Waals surface area contributed by atoms with Crippen molar-refractivity contribution in [3.63, 3.8) is 0 Å². The molecule has 2 saturated heterocycles. The number of rotatable bonds is 5. The van der Waals surface area contributed by atoms with E-state index in [2.05, 4.69) is 14.8 Å². The van der Waals surface area contributed by atoms with Gasteiger partial charge in [0.05, 0.1) is 24.2 Å². The summed E-state index contributed by atoms with van der Waals surface area (Å²) in [4.78, 5) is 14.5. The molecule has 6 rings (SSSR count). The average molecular weight is 434 g/mol. The predicted octanol–water partition coefficient (Wildman–Crippen LogP) is 0.975. The van der Waals surface area contributed by atoms with Crippen molar-refractivity contribution in [3.05, 3.63) is 17.5 Å². The first-order chi connectivity index (χ1) is 14.5. The second-order valence-electron chi connectivity index (χ2n) is 9.86. The summed E-state index contributed by atoms with van der Waals surface area (Å²) in [5, 5.41) is -0.173. The Morgan fingerprint density at radius 2 is 1.90 bits per heavy atom. The molecule has 0 aromatic carbocycles. The van der Waals surface area contributed by atoms with Gasteiger partial charge in [-0.3, -0.25) is 0 Å². The third-order valence-corrected chi connectivity index (χ3v) is 9.72. The van der Waals surface area contributed by atoms with Gasteiger partial charge in [-0.2, -0.15) is 4.31 Å². The molecular weight excluding hydrogens is 402 g/mol. The second-order valence-corrected chi connectivity index (χ2v) is 12.1. The van der Waals surface area contributed by atoms with E-state index in [4.69, 9.17) is 9.72 Å². The lowest BCUT2D eigenvalue weighted by Gasteiger charge is -2.41. The van der Waals surface area contributed by atoms with E-state index in [1.807, 2.05) is 6.20 Å². The lowest BCUT2D eigenvalue weighted by atomic mass is 9.79. The molecule has 0 amide bonds. The molecule has 0 radical (unpaired) electrons. The number of anilines is 1. The number of sulfonamides is 1. The van der Waals surface area contributed by atoms with Crippen molar-refractivity contribution in [2.24, 2.45) is 5.92 Å². The minimum atomic E-state index is -3.22. The predicted molar refractivity (Wildman–Crippen MR) is 113 cm³/mol. The summed E-state index contributed by atoms with van der Waals surface area (Å²) in [6, 6.07) is 0. The van der Waals surface area contributed by atoms with Gasteiger partial charge in [0.1, 0.15) is 0 Å². The summed E-state index contributed by atoms with van der Waals surface area (Å²) in [6.07, 6.45) is 7.16. The molecule has 2 aliphatic carbocycles. The van der Waals surface area contributed by atoms with Gasteiger partial charge in [-0.15, -0.1) is 0 Å². The van der Waals surface area contributed by atoms with E-state index in [9.17, 15) is 8.42 Å². The van der Waals surface area contributed by atoms with Crippen molar-refractivity contribution >= 4 is 16.0 Å². The van der Waals surface area contributed by atoms with Crippen LogP contribution in [0.1, 0.15) is 43.4 Å².